The maximum atomic E-state index is 11.8. The lowest BCUT2D eigenvalue weighted by molar-refractivity contribution is -0.130. The Kier molecular flexibility index (Phi) is 6.52. The van der Waals surface area contributed by atoms with Gasteiger partial charge < -0.3 is 10.2 Å². The van der Waals surface area contributed by atoms with Gasteiger partial charge in [0.25, 0.3) is 0 Å². The highest BCUT2D eigenvalue weighted by Crippen LogP contribution is 2.08. The number of amides is 1. The van der Waals surface area contributed by atoms with Crippen molar-refractivity contribution >= 4 is 5.91 Å². The minimum Gasteiger partial charge on any atom is -0.348 e. The lowest BCUT2D eigenvalue weighted by atomic mass is 10.2. The molecule has 0 aliphatic carbocycles. The molecule has 0 aromatic rings. The molecule has 0 aromatic heterocycles. The molecule has 17 heavy (non-hydrogen) atoms. The normalized spacial score (nSPS) is 19.9. The van der Waals surface area contributed by atoms with E-state index in [1.165, 1.54) is 25.7 Å². The molecule has 1 atom stereocenters. The molecule has 1 heterocycles. The molecule has 100 valence electrons. The van der Waals surface area contributed by atoms with Gasteiger partial charge in [-0.25, -0.2) is 0 Å². The number of likely N-dealkylation sites (N-methyl/N-ethyl adjacent to an activating group) is 1. The molecule has 1 amide bonds. The Morgan fingerprint density at radius 2 is 2.18 bits per heavy atom. The van der Waals surface area contributed by atoms with Crippen LogP contribution in [0.4, 0.5) is 0 Å². The summed E-state index contributed by atoms with van der Waals surface area (Å²) < 4.78 is 0. The lowest BCUT2D eigenvalue weighted by Gasteiger charge is -2.26. The maximum Gasteiger partial charge on any atom is 0.236 e. The Morgan fingerprint density at radius 1 is 1.41 bits per heavy atom. The zero-order valence-corrected chi connectivity index (χ0v) is 11.5. The first-order valence-corrected chi connectivity index (χ1v) is 6.79. The molecule has 0 radical (unpaired) electrons. The van der Waals surface area contributed by atoms with Gasteiger partial charge in [0.15, 0.2) is 0 Å². The fourth-order valence-electron chi connectivity index (χ4n) is 2.17. The lowest BCUT2D eigenvalue weighted by Crippen LogP contribution is -2.43. The largest absolute Gasteiger partial charge is 0.348 e. The molecule has 0 bridgehead atoms. The van der Waals surface area contributed by atoms with Crippen molar-refractivity contribution in [3.8, 4) is 0 Å². The molecule has 1 fully saturated rings. The maximum absolute atomic E-state index is 11.8. The second-order valence-corrected chi connectivity index (χ2v) is 5.17. The van der Waals surface area contributed by atoms with Crippen molar-refractivity contribution in [2.24, 2.45) is 0 Å². The van der Waals surface area contributed by atoms with Crippen molar-refractivity contribution in [1.82, 2.24) is 15.1 Å². The zero-order chi connectivity index (χ0) is 12.7. The summed E-state index contributed by atoms with van der Waals surface area (Å²) in [4.78, 5) is 15.7. The van der Waals surface area contributed by atoms with Crippen LogP contribution < -0.4 is 5.32 Å². The van der Waals surface area contributed by atoms with Crippen LogP contribution in [0.15, 0.2) is 0 Å². The Bertz CT molecular complexity index is 225. The van der Waals surface area contributed by atoms with Gasteiger partial charge in [-0.05, 0) is 32.4 Å². The molecule has 1 rings (SSSR count). The van der Waals surface area contributed by atoms with E-state index < -0.39 is 0 Å². The van der Waals surface area contributed by atoms with Gasteiger partial charge in [0.05, 0.1) is 6.54 Å². The van der Waals surface area contributed by atoms with Crippen LogP contribution in [-0.2, 0) is 4.79 Å². The molecule has 1 N–H and O–H groups in total. The molecular weight excluding hydrogens is 214 g/mol. The van der Waals surface area contributed by atoms with Crippen molar-refractivity contribution in [3.63, 3.8) is 0 Å². The van der Waals surface area contributed by atoms with Crippen molar-refractivity contribution < 1.29 is 4.79 Å². The monoisotopic (exact) mass is 241 g/mol. The van der Waals surface area contributed by atoms with E-state index in [-0.39, 0.29) is 5.91 Å². The standard InChI is InChI=1S/C13H27N3O/c1-4-5-9-16(11-13(17)15(2)3)10-12-7-6-8-14-12/h12,14H,4-11H2,1-3H3. The summed E-state index contributed by atoms with van der Waals surface area (Å²) >= 11 is 0. The number of carbonyl (C=O) groups is 1. The third-order valence-corrected chi connectivity index (χ3v) is 3.33. The van der Waals surface area contributed by atoms with Crippen LogP contribution in [0.2, 0.25) is 0 Å². The summed E-state index contributed by atoms with van der Waals surface area (Å²) in [6.07, 6.45) is 4.88. The first-order chi connectivity index (χ1) is 8.13. The molecule has 1 aliphatic heterocycles. The molecule has 0 aromatic carbocycles. The highest BCUT2D eigenvalue weighted by Gasteiger charge is 2.19. The zero-order valence-electron chi connectivity index (χ0n) is 11.5. The van der Waals surface area contributed by atoms with Gasteiger partial charge >= 0.3 is 0 Å². The van der Waals surface area contributed by atoms with Gasteiger partial charge in [-0.1, -0.05) is 13.3 Å². The van der Waals surface area contributed by atoms with Crippen LogP contribution in [0, 0.1) is 0 Å². The van der Waals surface area contributed by atoms with E-state index in [9.17, 15) is 4.79 Å². The minimum atomic E-state index is 0.208. The number of rotatable bonds is 7. The Balaban J connectivity index is 2.38. The summed E-state index contributed by atoms with van der Waals surface area (Å²) in [5, 5.41) is 3.50. The summed E-state index contributed by atoms with van der Waals surface area (Å²) in [7, 11) is 3.66. The molecule has 1 unspecified atom stereocenters. The number of hydrogen-bond donors (Lipinski definition) is 1. The number of nitrogens with one attached hydrogen (secondary N) is 1. The number of hydrogen-bond acceptors (Lipinski definition) is 3. The highest BCUT2D eigenvalue weighted by molar-refractivity contribution is 5.77. The van der Waals surface area contributed by atoms with Gasteiger partial charge in [0.1, 0.15) is 0 Å². The van der Waals surface area contributed by atoms with Crippen molar-refractivity contribution in [1.29, 1.82) is 0 Å². The summed E-state index contributed by atoms with van der Waals surface area (Å²) in [6, 6.07) is 0.585. The predicted molar refractivity (Wildman–Crippen MR) is 71.1 cm³/mol. The van der Waals surface area contributed by atoms with E-state index in [4.69, 9.17) is 0 Å². The SMILES string of the molecule is CCCCN(CC(=O)N(C)C)CC1CCCN1. The van der Waals surface area contributed by atoms with E-state index in [2.05, 4.69) is 17.1 Å². The van der Waals surface area contributed by atoms with E-state index in [0.29, 0.717) is 12.6 Å². The van der Waals surface area contributed by atoms with Crippen molar-refractivity contribution in [2.75, 3.05) is 40.3 Å². The average molecular weight is 241 g/mol. The van der Waals surface area contributed by atoms with Crippen LogP contribution in [0.1, 0.15) is 32.6 Å². The fraction of sp³-hybridized carbons (Fsp3) is 0.923. The second kappa shape index (κ2) is 7.67. The summed E-state index contributed by atoms with van der Waals surface area (Å²) in [5.41, 5.74) is 0. The minimum absolute atomic E-state index is 0.208. The average Bonchev–Trinajstić information content (AvgIpc) is 2.78. The Hall–Kier alpha value is -0.610. The third kappa shape index (κ3) is 5.50. The van der Waals surface area contributed by atoms with Gasteiger partial charge in [-0.15, -0.1) is 0 Å². The molecule has 4 nitrogen and oxygen atoms in total. The van der Waals surface area contributed by atoms with E-state index >= 15 is 0 Å². The van der Waals surface area contributed by atoms with Crippen LogP contribution in [0.25, 0.3) is 0 Å². The van der Waals surface area contributed by atoms with Crippen molar-refractivity contribution in [3.05, 3.63) is 0 Å². The summed E-state index contributed by atoms with van der Waals surface area (Å²) in [5.74, 6) is 0.208. The Morgan fingerprint density at radius 3 is 2.71 bits per heavy atom. The Labute approximate surface area is 105 Å². The third-order valence-electron chi connectivity index (χ3n) is 3.33. The highest BCUT2D eigenvalue weighted by atomic mass is 16.2. The number of unbranched alkanes of at least 4 members (excludes halogenated alkanes) is 1. The van der Waals surface area contributed by atoms with Crippen LogP contribution in [0.5, 0.6) is 0 Å². The topological polar surface area (TPSA) is 35.6 Å². The van der Waals surface area contributed by atoms with E-state index in [1.54, 1.807) is 4.90 Å². The predicted octanol–water partition coefficient (Wildman–Crippen LogP) is 0.929. The van der Waals surface area contributed by atoms with Gasteiger partial charge in [-0.2, -0.15) is 0 Å². The van der Waals surface area contributed by atoms with Crippen LogP contribution in [0.3, 0.4) is 0 Å². The quantitative estimate of drug-likeness (QED) is 0.720. The van der Waals surface area contributed by atoms with Crippen LogP contribution in [-0.4, -0.2) is 62.0 Å². The van der Waals surface area contributed by atoms with Gasteiger partial charge in [0, 0.05) is 26.7 Å². The van der Waals surface area contributed by atoms with E-state index in [0.717, 1.165) is 19.6 Å². The molecule has 1 aliphatic rings. The second-order valence-electron chi connectivity index (χ2n) is 5.17. The van der Waals surface area contributed by atoms with Crippen LogP contribution >= 0.6 is 0 Å². The smallest absolute Gasteiger partial charge is 0.236 e. The number of carbonyl (C=O) groups excluding carboxylic acids is 1. The van der Waals surface area contributed by atoms with Gasteiger partial charge in [-0.3, -0.25) is 9.69 Å². The molecule has 0 spiro atoms. The van der Waals surface area contributed by atoms with Crippen molar-refractivity contribution in [2.45, 2.75) is 38.6 Å². The first-order valence-electron chi connectivity index (χ1n) is 6.79. The number of nitrogens with zero attached hydrogens (tertiary/aromatic N) is 2. The summed E-state index contributed by atoms with van der Waals surface area (Å²) in [6.45, 7) is 5.94. The molecular formula is C13H27N3O. The molecule has 1 saturated heterocycles. The molecule has 4 heteroatoms. The fourth-order valence-corrected chi connectivity index (χ4v) is 2.17. The first kappa shape index (κ1) is 14.5. The molecule has 0 saturated carbocycles. The van der Waals surface area contributed by atoms with E-state index in [1.807, 2.05) is 14.1 Å². The van der Waals surface area contributed by atoms with Gasteiger partial charge in [0.2, 0.25) is 5.91 Å².